The van der Waals surface area contributed by atoms with Gasteiger partial charge in [-0.3, -0.25) is 0 Å². The Balaban J connectivity index is 2.16. The van der Waals surface area contributed by atoms with Crippen molar-refractivity contribution >= 4 is 22.9 Å². The molecule has 0 aliphatic heterocycles. The monoisotopic (exact) mass is 294 g/mol. The van der Waals surface area contributed by atoms with E-state index in [4.69, 9.17) is 11.6 Å². The molecule has 2 nitrogen and oxygen atoms in total. The Morgan fingerprint density at radius 1 is 1.37 bits per heavy atom. The van der Waals surface area contributed by atoms with E-state index in [1.165, 1.54) is 10.4 Å². The second kappa shape index (κ2) is 7.04. The molecule has 1 atom stereocenters. The highest BCUT2D eigenvalue weighted by atomic mass is 35.5. The number of benzene rings is 1. The first-order valence-corrected chi connectivity index (χ1v) is 7.79. The summed E-state index contributed by atoms with van der Waals surface area (Å²) < 4.78 is 0. The van der Waals surface area contributed by atoms with Crippen molar-refractivity contribution in [3.8, 4) is 0 Å². The Labute approximate surface area is 123 Å². The summed E-state index contributed by atoms with van der Waals surface area (Å²) >= 11 is 8.01. The summed E-state index contributed by atoms with van der Waals surface area (Å²) in [4.78, 5) is 5.64. The van der Waals surface area contributed by atoms with Gasteiger partial charge >= 0.3 is 0 Å². The average Bonchev–Trinajstić information content (AvgIpc) is 2.83. The predicted octanol–water partition coefficient (Wildman–Crippen LogP) is 4.39. The molecule has 1 heterocycles. The van der Waals surface area contributed by atoms with Crippen LogP contribution in [-0.4, -0.2) is 11.5 Å². The maximum absolute atomic E-state index is 6.26. The molecule has 2 rings (SSSR count). The lowest BCUT2D eigenvalue weighted by Crippen LogP contribution is -2.23. The van der Waals surface area contributed by atoms with Crippen LogP contribution < -0.4 is 5.32 Å². The van der Waals surface area contributed by atoms with E-state index in [-0.39, 0.29) is 0 Å². The molecule has 0 spiro atoms. The molecule has 0 radical (unpaired) electrons. The van der Waals surface area contributed by atoms with E-state index in [0.717, 1.165) is 29.4 Å². The molecular formula is C15H19ClN2S. The highest BCUT2D eigenvalue weighted by Crippen LogP contribution is 2.26. The minimum atomic E-state index is 0.297. The van der Waals surface area contributed by atoms with Gasteiger partial charge in [0.25, 0.3) is 0 Å². The molecule has 102 valence electrons. The second-order valence-corrected chi connectivity index (χ2v) is 6.26. The molecule has 0 amide bonds. The third-order valence-electron chi connectivity index (χ3n) is 3.01. The van der Waals surface area contributed by atoms with Gasteiger partial charge in [0.15, 0.2) is 0 Å². The topological polar surface area (TPSA) is 24.9 Å². The van der Waals surface area contributed by atoms with Crippen molar-refractivity contribution in [2.75, 3.05) is 6.54 Å². The van der Waals surface area contributed by atoms with Crippen LogP contribution in [0, 0.1) is 6.92 Å². The zero-order valence-electron chi connectivity index (χ0n) is 11.3. The summed E-state index contributed by atoms with van der Waals surface area (Å²) in [5.74, 6) is 0. The van der Waals surface area contributed by atoms with Crippen molar-refractivity contribution in [2.24, 2.45) is 0 Å². The van der Waals surface area contributed by atoms with E-state index in [2.05, 4.69) is 23.3 Å². The van der Waals surface area contributed by atoms with Crippen LogP contribution in [0.3, 0.4) is 0 Å². The van der Waals surface area contributed by atoms with Gasteiger partial charge in [-0.05, 0) is 37.9 Å². The highest BCUT2D eigenvalue weighted by molar-refractivity contribution is 7.11. The van der Waals surface area contributed by atoms with E-state index in [0.29, 0.717) is 6.04 Å². The third-order valence-corrected chi connectivity index (χ3v) is 4.40. The maximum Gasteiger partial charge on any atom is 0.0897 e. The molecule has 19 heavy (non-hydrogen) atoms. The lowest BCUT2D eigenvalue weighted by atomic mass is 10.0. The van der Waals surface area contributed by atoms with Crippen molar-refractivity contribution in [1.29, 1.82) is 0 Å². The van der Waals surface area contributed by atoms with Gasteiger partial charge in [0.2, 0.25) is 0 Å². The second-order valence-electron chi connectivity index (χ2n) is 4.58. The first-order valence-electron chi connectivity index (χ1n) is 6.59. The van der Waals surface area contributed by atoms with Gasteiger partial charge in [-0.15, -0.1) is 11.3 Å². The smallest absolute Gasteiger partial charge is 0.0897 e. The zero-order valence-corrected chi connectivity index (χ0v) is 12.9. The molecule has 1 N–H and O–H groups in total. The van der Waals surface area contributed by atoms with Crippen LogP contribution in [-0.2, 0) is 6.42 Å². The first kappa shape index (κ1) is 14.5. The minimum Gasteiger partial charge on any atom is -0.309 e. The molecule has 1 aromatic carbocycles. The number of hydrogen-bond donors (Lipinski definition) is 1. The molecule has 0 fully saturated rings. The number of hydrogen-bond acceptors (Lipinski definition) is 3. The van der Waals surface area contributed by atoms with Crippen molar-refractivity contribution in [2.45, 2.75) is 32.7 Å². The Hall–Kier alpha value is -0.900. The number of rotatable bonds is 6. The Bertz CT molecular complexity index is 524. The standard InChI is InChI=1S/C15H19ClN2S/c1-3-8-17-14(15-10-18-11(2)19-15)9-12-6-4-5-7-13(12)16/h4-7,10,14,17H,3,8-9H2,1-2H3. The predicted molar refractivity (Wildman–Crippen MR) is 83.0 cm³/mol. The summed E-state index contributed by atoms with van der Waals surface area (Å²) in [6.45, 7) is 5.23. The van der Waals surface area contributed by atoms with E-state index in [1.54, 1.807) is 11.3 Å². The summed E-state index contributed by atoms with van der Waals surface area (Å²) in [6, 6.07) is 8.35. The van der Waals surface area contributed by atoms with Gasteiger partial charge in [-0.1, -0.05) is 36.7 Å². The summed E-state index contributed by atoms with van der Waals surface area (Å²) in [5, 5.41) is 5.54. The van der Waals surface area contributed by atoms with Crippen LogP contribution in [0.2, 0.25) is 5.02 Å². The number of halogens is 1. The number of aryl methyl sites for hydroxylation is 1. The van der Waals surface area contributed by atoms with E-state index < -0.39 is 0 Å². The fourth-order valence-electron chi connectivity index (χ4n) is 2.01. The summed E-state index contributed by atoms with van der Waals surface area (Å²) in [5.41, 5.74) is 1.18. The zero-order chi connectivity index (χ0) is 13.7. The fraction of sp³-hybridized carbons (Fsp3) is 0.400. The Morgan fingerprint density at radius 2 is 2.16 bits per heavy atom. The number of nitrogens with one attached hydrogen (secondary N) is 1. The van der Waals surface area contributed by atoms with Gasteiger partial charge in [-0.25, -0.2) is 4.98 Å². The van der Waals surface area contributed by atoms with Gasteiger partial charge in [-0.2, -0.15) is 0 Å². The van der Waals surface area contributed by atoms with Crippen molar-refractivity contribution in [1.82, 2.24) is 10.3 Å². The van der Waals surface area contributed by atoms with Gasteiger partial charge in [0, 0.05) is 22.1 Å². The minimum absolute atomic E-state index is 0.297. The van der Waals surface area contributed by atoms with Crippen molar-refractivity contribution in [3.63, 3.8) is 0 Å². The van der Waals surface area contributed by atoms with Crippen LogP contribution in [0.25, 0.3) is 0 Å². The molecule has 0 saturated carbocycles. The maximum atomic E-state index is 6.26. The number of aromatic nitrogens is 1. The van der Waals surface area contributed by atoms with Crippen molar-refractivity contribution in [3.05, 3.63) is 50.9 Å². The molecular weight excluding hydrogens is 276 g/mol. The van der Waals surface area contributed by atoms with Crippen LogP contribution in [0.5, 0.6) is 0 Å². The Kier molecular flexibility index (Phi) is 5.37. The highest BCUT2D eigenvalue weighted by Gasteiger charge is 2.15. The first-order chi connectivity index (χ1) is 9.20. The third kappa shape index (κ3) is 4.03. The van der Waals surface area contributed by atoms with Crippen molar-refractivity contribution < 1.29 is 0 Å². The summed E-state index contributed by atoms with van der Waals surface area (Å²) in [6.07, 6.45) is 4.00. The van der Waals surface area contributed by atoms with E-state index in [1.807, 2.05) is 31.3 Å². The lowest BCUT2D eigenvalue weighted by molar-refractivity contribution is 0.536. The SMILES string of the molecule is CCCNC(Cc1ccccc1Cl)c1cnc(C)s1. The van der Waals surface area contributed by atoms with Gasteiger partial charge < -0.3 is 5.32 Å². The quantitative estimate of drug-likeness (QED) is 0.855. The molecule has 0 aliphatic carbocycles. The largest absolute Gasteiger partial charge is 0.309 e. The molecule has 0 bridgehead atoms. The van der Waals surface area contributed by atoms with E-state index >= 15 is 0 Å². The van der Waals surface area contributed by atoms with Crippen LogP contribution in [0.4, 0.5) is 0 Å². The fourth-order valence-corrected chi connectivity index (χ4v) is 3.09. The molecule has 1 unspecified atom stereocenters. The molecule has 4 heteroatoms. The van der Waals surface area contributed by atoms with Crippen LogP contribution >= 0.6 is 22.9 Å². The lowest BCUT2D eigenvalue weighted by Gasteiger charge is -2.17. The van der Waals surface area contributed by atoms with Crippen LogP contribution in [0.1, 0.15) is 34.8 Å². The normalized spacial score (nSPS) is 12.6. The summed E-state index contributed by atoms with van der Waals surface area (Å²) in [7, 11) is 0. The molecule has 0 aliphatic rings. The number of thiazole rings is 1. The van der Waals surface area contributed by atoms with Gasteiger partial charge in [0.1, 0.15) is 0 Å². The molecule has 1 aromatic heterocycles. The molecule has 2 aromatic rings. The molecule has 0 saturated heterocycles. The van der Waals surface area contributed by atoms with E-state index in [9.17, 15) is 0 Å². The van der Waals surface area contributed by atoms with Gasteiger partial charge in [0.05, 0.1) is 5.01 Å². The number of nitrogens with zero attached hydrogens (tertiary/aromatic N) is 1. The van der Waals surface area contributed by atoms with Crippen LogP contribution in [0.15, 0.2) is 30.5 Å². The Morgan fingerprint density at radius 3 is 2.79 bits per heavy atom. The average molecular weight is 295 g/mol.